The quantitative estimate of drug-likeness (QED) is 0.512. The van der Waals surface area contributed by atoms with Crippen LogP contribution in [-0.4, -0.2) is 48.4 Å². The zero-order valence-corrected chi connectivity index (χ0v) is 17.3. The number of hydrogen-bond acceptors (Lipinski definition) is 8. The van der Waals surface area contributed by atoms with Crippen LogP contribution in [0.4, 0.5) is 11.8 Å². The molecule has 1 atom stereocenters. The van der Waals surface area contributed by atoms with Crippen LogP contribution >= 0.6 is 0 Å². The number of nitrogens with two attached hydrogens (primary N) is 1. The third-order valence-corrected chi connectivity index (χ3v) is 4.77. The molecule has 10 heteroatoms. The van der Waals surface area contributed by atoms with Crippen LogP contribution in [0.1, 0.15) is 50.4 Å². The highest BCUT2D eigenvalue weighted by atomic mass is 16.2. The van der Waals surface area contributed by atoms with E-state index in [9.17, 15) is 9.59 Å². The molecule has 0 radical (unpaired) electrons. The van der Waals surface area contributed by atoms with Crippen LogP contribution < -0.4 is 16.4 Å². The van der Waals surface area contributed by atoms with E-state index in [4.69, 9.17) is 5.73 Å². The third-order valence-electron chi connectivity index (χ3n) is 4.77. The number of imidazole rings is 1. The van der Waals surface area contributed by atoms with Gasteiger partial charge in [0, 0.05) is 32.1 Å². The average Bonchev–Trinajstić information content (AvgIpc) is 3.24. The molecule has 3 aromatic heterocycles. The third kappa shape index (κ3) is 4.88. The molecule has 1 amide bonds. The molecule has 0 saturated carbocycles. The predicted octanol–water partition coefficient (Wildman–Crippen LogP) is 1.99. The van der Waals surface area contributed by atoms with Gasteiger partial charge in [0.25, 0.3) is 5.91 Å². The van der Waals surface area contributed by atoms with Gasteiger partial charge in [-0.15, -0.1) is 0 Å². The van der Waals surface area contributed by atoms with Crippen LogP contribution in [0.5, 0.6) is 0 Å². The molecule has 4 N–H and O–H groups in total. The number of unbranched alkanes of at least 4 members (excludes halogenated alkanes) is 1. The second-order valence-corrected chi connectivity index (χ2v) is 7.50. The molecular formula is C20H26N8O2. The fourth-order valence-electron chi connectivity index (χ4n) is 3.14. The van der Waals surface area contributed by atoms with Crippen molar-refractivity contribution in [2.75, 3.05) is 17.6 Å². The highest BCUT2D eigenvalue weighted by Gasteiger charge is 2.26. The molecule has 3 heterocycles. The summed E-state index contributed by atoms with van der Waals surface area (Å²) < 4.78 is 1.36. The maximum atomic E-state index is 12.6. The van der Waals surface area contributed by atoms with E-state index in [1.165, 1.54) is 30.2 Å². The van der Waals surface area contributed by atoms with Crippen molar-refractivity contribution in [1.82, 2.24) is 29.8 Å². The second-order valence-electron chi connectivity index (χ2n) is 7.50. The molecule has 10 nitrogen and oxygen atoms in total. The molecule has 0 saturated heterocycles. The first-order chi connectivity index (χ1) is 14.3. The standard InChI is InChI=1S/C20H26N8O2/c1-4-5-6-20(3,11-24-13(2)29)27-17-16-15(25-19(21)26-17)9-14(10-23-16)18(30)28-8-7-22-12-28/h7-10,12H,4-6,11H2,1-3H3,(H,24,29)(H3,21,25,26,27)/t20-/m1/s1. The summed E-state index contributed by atoms with van der Waals surface area (Å²) >= 11 is 0. The number of rotatable bonds is 8. The van der Waals surface area contributed by atoms with E-state index in [1.807, 2.05) is 6.92 Å². The van der Waals surface area contributed by atoms with Gasteiger partial charge in [-0.1, -0.05) is 19.8 Å². The van der Waals surface area contributed by atoms with Crippen molar-refractivity contribution in [3.63, 3.8) is 0 Å². The van der Waals surface area contributed by atoms with Gasteiger partial charge in [0.05, 0.1) is 16.6 Å². The SMILES string of the molecule is CCCC[C@](C)(CNC(C)=O)Nc1nc(N)nc2cc(C(=O)n3ccnc3)cnc12. The fraction of sp³-hybridized carbons (Fsp3) is 0.400. The number of amides is 1. The number of nitrogens with one attached hydrogen (secondary N) is 2. The Labute approximate surface area is 174 Å². The number of pyridine rings is 1. The van der Waals surface area contributed by atoms with Crippen molar-refractivity contribution in [1.29, 1.82) is 0 Å². The highest BCUT2D eigenvalue weighted by molar-refractivity contribution is 5.99. The molecule has 0 aliphatic rings. The molecule has 0 bridgehead atoms. The number of anilines is 2. The number of nitrogen functional groups attached to an aromatic ring is 1. The van der Waals surface area contributed by atoms with Crippen molar-refractivity contribution < 1.29 is 9.59 Å². The first kappa shape index (κ1) is 21.2. The molecule has 0 aromatic carbocycles. The van der Waals surface area contributed by atoms with Crippen molar-refractivity contribution in [2.45, 2.75) is 45.6 Å². The molecule has 30 heavy (non-hydrogen) atoms. The van der Waals surface area contributed by atoms with Crippen molar-refractivity contribution in [3.8, 4) is 0 Å². The Morgan fingerprint density at radius 1 is 1.30 bits per heavy atom. The number of hydrogen-bond donors (Lipinski definition) is 3. The van der Waals surface area contributed by atoms with Crippen LogP contribution in [0.2, 0.25) is 0 Å². The normalized spacial score (nSPS) is 13.0. The second kappa shape index (κ2) is 8.85. The summed E-state index contributed by atoms with van der Waals surface area (Å²) in [5.74, 6) is 0.152. The molecule has 0 spiro atoms. The summed E-state index contributed by atoms with van der Waals surface area (Å²) in [6.45, 7) is 6.03. The lowest BCUT2D eigenvalue weighted by atomic mass is 9.94. The average molecular weight is 410 g/mol. The lowest BCUT2D eigenvalue weighted by Gasteiger charge is -2.32. The lowest BCUT2D eigenvalue weighted by molar-refractivity contribution is -0.119. The van der Waals surface area contributed by atoms with Crippen LogP contribution in [0.15, 0.2) is 31.0 Å². The molecule has 0 aliphatic heterocycles. The van der Waals surface area contributed by atoms with Crippen LogP contribution in [-0.2, 0) is 4.79 Å². The summed E-state index contributed by atoms with van der Waals surface area (Å²) in [7, 11) is 0. The summed E-state index contributed by atoms with van der Waals surface area (Å²) in [6.07, 6.45) is 8.80. The molecule has 3 rings (SSSR count). The summed E-state index contributed by atoms with van der Waals surface area (Å²) in [5, 5.41) is 6.26. The van der Waals surface area contributed by atoms with Gasteiger partial charge < -0.3 is 16.4 Å². The van der Waals surface area contributed by atoms with E-state index in [1.54, 1.807) is 12.3 Å². The Morgan fingerprint density at radius 2 is 2.10 bits per heavy atom. The number of nitrogens with zero attached hydrogens (tertiary/aromatic N) is 5. The van der Waals surface area contributed by atoms with E-state index < -0.39 is 5.54 Å². The highest BCUT2D eigenvalue weighted by Crippen LogP contribution is 2.26. The summed E-state index contributed by atoms with van der Waals surface area (Å²) in [6, 6.07) is 1.63. The van der Waals surface area contributed by atoms with E-state index in [0.717, 1.165) is 19.3 Å². The van der Waals surface area contributed by atoms with Crippen LogP contribution in [0, 0.1) is 0 Å². The first-order valence-electron chi connectivity index (χ1n) is 9.80. The smallest absolute Gasteiger partial charge is 0.264 e. The van der Waals surface area contributed by atoms with Gasteiger partial charge in [0.1, 0.15) is 11.8 Å². The van der Waals surface area contributed by atoms with Gasteiger partial charge in [-0.2, -0.15) is 4.98 Å². The van der Waals surface area contributed by atoms with Gasteiger partial charge in [-0.25, -0.2) is 15.0 Å². The van der Waals surface area contributed by atoms with E-state index in [0.29, 0.717) is 29.0 Å². The van der Waals surface area contributed by atoms with Crippen molar-refractivity contribution >= 4 is 34.6 Å². The van der Waals surface area contributed by atoms with Crippen LogP contribution in [0.25, 0.3) is 11.0 Å². The van der Waals surface area contributed by atoms with Crippen molar-refractivity contribution in [2.24, 2.45) is 0 Å². The fourth-order valence-corrected chi connectivity index (χ4v) is 3.14. The van der Waals surface area contributed by atoms with Crippen LogP contribution in [0.3, 0.4) is 0 Å². The number of carbonyl (C=O) groups is 2. The monoisotopic (exact) mass is 410 g/mol. The minimum atomic E-state index is -0.456. The van der Waals surface area contributed by atoms with Gasteiger partial charge in [-0.05, 0) is 19.4 Å². The topological polar surface area (TPSA) is 141 Å². The number of aromatic nitrogens is 5. The summed E-state index contributed by atoms with van der Waals surface area (Å²) in [4.78, 5) is 40.9. The molecular weight excluding hydrogens is 384 g/mol. The van der Waals surface area contributed by atoms with Crippen molar-refractivity contribution in [3.05, 3.63) is 36.5 Å². The maximum absolute atomic E-state index is 12.6. The van der Waals surface area contributed by atoms with Gasteiger partial charge in [0.2, 0.25) is 11.9 Å². The Morgan fingerprint density at radius 3 is 2.77 bits per heavy atom. The number of carbonyl (C=O) groups excluding carboxylic acids is 2. The Hall–Kier alpha value is -3.56. The van der Waals surface area contributed by atoms with E-state index in [-0.39, 0.29) is 17.8 Å². The maximum Gasteiger partial charge on any atom is 0.264 e. The van der Waals surface area contributed by atoms with Gasteiger partial charge in [-0.3, -0.25) is 14.2 Å². The van der Waals surface area contributed by atoms with E-state index >= 15 is 0 Å². The molecule has 0 fully saturated rings. The Balaban J connectivity index is 1.96. The Bertz CT molecular complexity index is 1050. The Kier molecular flexibility index (Phi) is 6.24. The van der Waals surface area contributed by atoms with Gasteiger partial charge >= 0.3 is 0 Å². The number of fused-ring (bicyclic) bond motifs is 1. The lowest BCUT2D eigenvalue weighted by Crippen LogP contribution is -2.46. The largest absolute Gasteiger partial charge is 0.368 e. The minimum absolute atomic E-state index is 0.0661. The molecule has 3 aromatic rings. The summed E-state index contributed by atoms with van der Waals surface area (Å²) in [5.41, 5.74) is 6.78. The zero-order chi connectivity index (χ0) is 21.7. The first-order valence-corrected chi connectivity index (χ1v) is 9.80. The molecule has 0 unspecified atom stereocenters. The molecule has 0 aliphatic carbocycles. The van der Waals surface area contributed by atoms with E-state index in [2.05, 4.69) is 37.5 Å². The zero-order valence-electron chi connectivity index (χ0n) is 17.3. The minimum Gasteiger partial charge on any atom is -0.368 e. The van der Waals surface area contributed by atoms with Gasteiger partial charge in [0.15, 0.2) is 5.82 Å². The molecule has 158 valence electrons. The predicted molar refractivity (Wildman–Crippen MR) is 114 cm³/mol.